The Morgan fingerprint density at radius 2 is 2.06 bits per heavy atom. The molecule has 0 radical (unpaired) electrons. The molecule has 0 spiro atoms. The van der Waals surface area contributed by atoms with E-state index in [1.165, 1.54) is 35.5 Å². The van der Waals surface area contributed by atoms with Gasteiger partial charge in [0.15, 0.2) is 0 Å². The largest absolute Gasteiger partial charge is 0.312 e. The molecule has 1 nitrogen and oxygen atoms in total. The van der Waals surface area contributed by atoms with E-state index in [2.05, 4.69) is 62.2 Å². The Hall–Kier alpha value is -0.470. The molecule has 0 fully saturated rings. The number of nitrogens with one attached hydrogen (secondary N) is 1. The highest BCUT2D eigenvalue weighted by Gasteiger charge is 2.10. The van der Waals surface area contributed by atoms with Gasteiger partial charge in [0, 0.05) is 11.8 Å². The predicted molar refractivity (Wildman–Crippen MR) is 75.2 cm³/mol. The highest BCUT2D eigenvalue weighted by molar-refractivity contribution is 7.99. The maximum Gasteiger partial charge on any atom is 0.0412 e. The third kappa shape index (κ3) is 4.18. The lowest BCUT2D eigenvalue weighted by Crippen LogP contribution is -2.19. The van der Waals surface area contributed by atoms with Crippen LogP contribution in [0.15, 0.2) is 24.3 Å². The van der Waals surface area contributed by atoms with E-state index in [4.69, 9.17) is 0 Å². The van der Waals surface area contributed by atoms with Crippen LogP contribution >= 0.6 is 11.8 Å². The Bertz CT molecular complexity index is 299. The molecule has 90 valence electrons. The number of rotatable bonds is 7. The lowest BCUT2D eigenvalue weighted by molar-refractivity contribution is 0.657. The molecule has 1 atom stereocenters. The summed E-state index contributed by atoms with van der Waals surface area (Å²) in [4.78, 5) is 0. The zero-order valence-electron chi connectivity index (χ0n) is 10.6. The normalized spacial score (nSPS) is 12.7. The minimum atomic E-state index is 0.489. The first kappa shape index (κ1) is 13.6. The van der Waals surface area contributed by atoms with Crippen molar-refractivity contribution in [1.29, 1.82) is 0 Å². The van der Waals surface area contributed by atoms with Crippen molar-refractivity contribution < 1.29 is 0 Å². The van der Waals surface area contributed by atoms with Crippen molar-refractivity contribution in [3.63, 3.8) is 0 Å². The first-order valence-electron chi connectivity index (χ1n) is 6.10. The van der Waals surface area contributed by atoms with E-state index in [1.807, 2.05) is 0 Å². The molecular formula is C14H23NS. The van der Waals surface area contributed by atoms with E-state index >= 15 is 0 Å². The Morgan fingerprint density at radius 3 is 2.69 bits per heavy atom. The van der Waals surface area contributed by atoms with E-state index < -0.39 is 0 Å². The summed E-state index contributed by atoms with van der Waals surface area (Å²) in [5.41, 5.74) is 2.83. The van der Waals surface area contributed by atoms with Crippen LogP contribution in [0.1, 0.15) is 36.9 Å². The number of aryl methyl sites for hydroxylation is 1. The standard InChI is InChI=1S/C14H23NS/c1-4-5-10-16-11-14(15-3)13-9-7-6-8-12(13)2/h6-9,14-15H,4-5,10-11H2,1-3H3. The van der Waals surface area contributed by atoms with Crippen LogP contribution in [0.2, 0.25) is 0 Å². The van der Waals surface area contributed by atoms with Crippen molar-refractivity contribution in [3.8, 4) is 0 Å². The van der Waals surface area contributed by atoms with Gasteiger partial charge >= 0.3 is 0 Å². The molecule has 1 unspecified atom stereocenters. The van der Waals surface area contributed by atoms with Gasteiger partial charge in [-0.1, -0.05) is 37.6 Å². The van der Waals surface area contributed by atoms with E-state index in [0.717, 1.165) is 0 Å². The van der Waals surface area contributed by atoms with Crippen molar-refractivity contribution in [1.82, 2.24) is 5.32 Å². The summed E-state index contributed by atoms with van der Waals surface area (Å²) < 4.78 is 0. The Balaban J connectivity index is 2.51. The van der Waals surface area contributed by atoms with Gasteiger partial charge in [-0.05, 0) is 37.3 Å². The smallest absolute Gasteiger partial charge is 0.0412 e. The van der Waals surface area contributed by atoms with Crippen molar-refractivity contribution in [2.75, 3.05) is 18.6 Å². The molecule has 2 heteroatoms. The Labute approximate surface area is 104 Å². The van der Waals surface area contributed by atoms with Crippen LogP contribution in [0.25, 0.3) is 0 Å². The van der Waals surface area contributed by atoms with Crippen LogP contribution in [-0.2, 0) is 0 Å². The quantitative estimate of drug-likeness (QED) is 0.724. The molecule has 1 rings (SSSR count). The SMILES string of the molecule is CCCCSCC(NC)c1ccccc1C. The van der Waals surface area contributed by atoms with Gasteiger partial charge < -0.3 is 5.32 Å². The highest BCUT2D eigenvalue weighted by Crippen LogP contribution is 2.21. The topological polar surface area (TPSA) is 12.0 Å². The van der Waals surface area contributed by atoms with E-state index in [1.54, 1.807) is 0 Å². The van der Waals surface area contributed by atoms with E-state index in [-0.39, 0.29) is 0 Å². The Morgan fingerprint density at radius 1 is 1.31 bits per heavy atom. The molecule has 1 aromatic carbocycles. The van der Waals surface area contributed by atoms with Gasteiger partial charge in [-0.25, -0.2) is 0 Å². The molecule has 0 aliphatic rings. The maximum absolute atomic E-state index is 3.42. The predicted octanol–water partition coefficient (Wildman–Crippen LogP) is 3.79. The van der Waals surface area contributed by atoms with Gasteiger partial charge in [0.1, 0.15) is 0 Å². The second kappa shape index (κ2) is 7.75. The minimum Gasteiger partial charge on any atom is -0.312 e. The summed E-state index contributed by atoms with van der Waals surface area (Å²) in [7, 11) is 2.05. The summed E-state index contributed by atoms with van der Waals surface area (Å²) >= 11 is 2.05. The zero-order valence-corrected chi connectivity index (χ0v) is 11.4. The maximum atomic E-state index is 3.42. The lowest BCUT2D eigenvalue weighted by Gasteiger charge is -2.18. The molecule has 1 N–H and O–H groups in total. The fourth-order valence-corrected chi connectivity index (χ4v) is 3.00. The van der Waals surface area contributed by atoms with Crippen LogP contribution in [0.4, 0.5) is 0 Å². The molecule has 16 heavy (non-hydrogen) atoms. The second-order valence-corrected chi connectivity index (χ2v) is 5.28. The molecule has 0 amide bonds. The van der Waals surface area contributed by atoms with Crippen LogP contribution in [0.3, 0.4) is 0 Å². The number of hydrogen-bond acceptors (Lipinski definition) is 2. The van der Waals surface area contributed by atoms with Crippen molar-refractivity contribution in [3.05, 3.63) is 35.4 Å². The summed E-state index contributed by atoms with van der Waals surface area (Å²) in [6.45, 7) is 4.44. The Kier molecular flexibility index (Phi) is 6.58. The van der Waals surface area contributed by atoms with Crippen LogP contribution in [-0.4, -0.2) is 18.6 Å². The monoisotopic (exact) mass is 237 g/mol. The van der Waals surface area contributed by atoms with Crippen molar-refractivity contribution >= 4 is 11.8 Å². The minimum absolute atomic E-state index is 0.489. The molecule has 0 saturated heterocycles. The molecular weight excluding hydrogens is 214 g/mol. The van der Waals surface area contributed by atoms with Gasteiger partial charge in [0.2, 0.25) is 0 Å². The molecule has 0 aliphatic heterocycles. The number of unbranched alkanes of at least 4 members (excludes halogenated alkanes) is 1. The summed E-state index contributed by atoms with van der Waals surface area (Å²) in [5, 5.41) is 3.42. The second-order valence-electron chi connectivity index (χ2n) is 4.13. The van der Waals surface area contributed by atoms with Gasteiger partial charge in [-0.2, -0.15) is 11.8 Å². The first-order chi connectivity index (χ1) is 7.79. The third-order valence-corrected chi connectivity index (χ3v) is 3.99. The molecule has 0 bridgehead atoms. The highest BCUT2D eigenvalue weighted by atomic mass is 32.2. The summed E-state index contributed by atoms with van der Waals surface area (Å²) in [5.74, 6) is 2.45. The zero-order chi connectivity index (χ0) is 11.8. The third-order valence-electron chi connectivity index (χ3n) is 2.84. The van der Waals surface area contributed by atoms with Crippen molar-refractivity contribution in [2.45, 2.75) is 32.7 Å². The van der Waals surface area contributed by atoms with Gasteiger partial charge in [-0.15, -0.1) is 0 Å². The van der Waals surface area contributed by atoms with Crippen LogP contribution in [0.5, 0.6) is 0 Å². The summed E-state index contributed by atoms with van der Waals surface area (Å²) in [6.07, 6.45) is 2.62. The molecule has 1 aromatic rings. The number of benzene rings is 1. The molecule has 0 aromatic heterocycles. The first-order valence-corrected chi connectivity index (χ1v) is 7.25. The van der Waals surface area contributed by atoms with E-state index in [0.29, 0.717) is 6.04 Å². The fraction of sp³-hybridized carbons (Fsp3) is 0.571. The van der Waals surface area contributed by atoms with Crippen LogP contribution < -0.4 is 5.32 Å². The van der Waals surface area contributed by atoms with Gasteiger partial charge in [0.25, 0.3) is 0 Å². The van der Waals surface area contributed by atoms with E-state index in [9.17, 15) is 0 Å². The van der Waals surface area contributed by atoms with Gasteiger partial charge in [0.05, 0.1) is 0 Å². The number of hydrogen-bond donors (Lipinski definition) is 1. The molecule has 0 aliphatic carbocycles. The lowest BCUT2D eigenvalue weighted by atomic mass is 10.0. The fourth-order valence-electron chi connectivity index (χ4n) is 1.75. The molecule has 0 saturated carbocycles. The average molecular weight is 237 g/mol. The van der Waals surface area contributed by atoms with Gasteiger partial charge in [-0.3, -0.25) is 0 Å². The average Bonchev–Trinajstić information content (AvgIpc) is 2.31. The van der Waals surface area contributed by atoms with Crippen LogP contribution in [0, 0.1) is 6.92 Å². The molecule has 0 heterocycles. The van der Waals surface area contributed by atoms with Crippen molar-refractivity contribution in [2.24, 2.45) is 0 Å². The number of thioether (sulfide) groups is 1. The summed E-state index contributed by atoms with van der Waals surface area (Å²) in [6, 6.07) is 9.15.